The summed E-state index contributed by atoms with van der Waals surface area (Å²) in [5.74, 6) is 0.609. The molecule has 106 valence electrons. The van der Waals surface area contributed by atoms with Gasteiger partial charge in [0, 0.05) is 7.05 Å². The first kappa shape index (κ1) is 14.1. The summed E-state index contributed by atoms with van der Waals surface area (Å²) in [4.78, 5) is 0. The average Bonchev–Trinajstić information content (AvgIpc) is 2.89. The molecule has 1 saturated heterocycles. The minimum Gasteiger partial charge on any atom is -0.496 e. The van der Waals surface area contributed by atoms with Gasteiger partial charge < -0.3 is 14.2 Å². The van der Waals surface area contributed by atoms with E-state index in [1.165, 1.54) is 11.4 Å². The number of sulfonamides is 1. The molecule has 0 aromatic heterocycles. The second kappa shape index (κ2) is 5.36. The molecule has 0 unspecified atom stereocenters. The van der Waals surface area contributed by atoms with Crippen molar-refractivity contribution in [1.82, 2.24) is 0 Å². The molecule has 0 saturated carbocycles. The van der Waals surface area contributed by atoms with E-state index >= 15 is 0 Å². The summed E-state index contributed by atoms with van der Waals surface area (Å²) < 4.78 is 40.4. The molecule has 0 aliphatic carbocycles. The van der Waals surface area contributed by atoms with E-state index in [-0.39, 0.29) is 0 Å². The highest BCUT2D eigenvalue weighted by molar-refractivity contribution is 7.92. The van der Waals surface area contributed by atoms with Gasteiger partial charge in [-0.1, -0.05) is 0 Å². The number of methoxy groups -OCH3 is 1. The average molecular weight is 287 g/mol. The summed E-state index contributed by atoms with van der Waals surface area (Å²) in [5, 5.41) is 0. The predicted molar refractivity (Wildman–Crippen MR) is 70.9 cm³/mol. The fourth-order valence-corrected chi connectivity index (χ4v) is 2.33. The Balaban J connectivity index is 2.40. The van der Waals surface area contributed by atoms with Crippen molar-refractivity contribution in [2.75, 3.05) is 37.9 Å². The summed E-state index contributed by atoms with van der Waals surface area (Å²) in [7, 11) is -0.258. The maximum absolute atomic E-state index is 11.6. The lowest BCUT2D eigenvalue weighted by molar-refractivity contribution is -0.0454. The Bertz CT molecular complexity index is 551. The molecule has 0 atom stereocenters. The van der Waals surface area contributed by atoms with E-state index < -0.39 is 16.3 Å². The van der Waals surface area contributed by atoms with Crippen LogP contribution in [0.4, 0.5) is 5.69 Å². The predicted octanol–water partition coefficient (Wildman–Crippen LogP) is 1.14. The molecular weight excluding hydrogens is 270 g/mol. The van der Waals surface area contributed by atoms with Crippen molar-refractivity contribution < 1.29 is 22.6 Å². The zero-order valence-electron chi connectivity index (χ0n) is 11.1. The van der Waals surface area contributed by atoms with Crippen LogP contribution in [0.25, 0.3) is 0 Å². The molecule has 1 aliphatic heterocycles. The van der Waals surface area contributed by atoms with E-state index in [4.69, 9.17) is 14.2 Å². The molecule has 0 spiro atoms. The first-order valence-electron chi connectivity index (χ1n) is 5.78. The molecule has 1 aromatic rings. The van der Waals surface area contributed by atoms with Crippen molar-refractivity contribution in [2.24, 2.45) is 0 Å². The number of rotatable bonds is 4. The lowest BCUT2D eigenvalue weighted by Gasteiger charge is -2.20. The fraction of sp³-hybridized carbons (Fsp3) is 0.500. The van der Waals surface area contributed by atoms with E-state index in [9.17, 15) is 8.42 Å². The molecule has 1 aliphatic rings. The highest BCUT2D eigenvalue weighted by Crippen LogP contribution is 2.34. The van der Waals surface area contributed by atoms with Crippen molar-refractivity contribution in [1.29, 1.82) is 0 Å². The van der Waals surface area contributed by atoms with Crippen LogP contribution < -0.4 is 9.04 Å². The van der Waals surface area contributed by atoms with Crippen LogP contribution in [0, 0.1) is 0 Å². The van der Waals surface area contributed by atoms with Crippen LogP contribution in [-0.4, -0.2) is 42.0 Å². The molecule has 0 radical (unpaired) electrons. The Morgan fingerprint density at radius 3 is 2.47 bits per heavy atom. The minimum atomic E-state index is -3.30. The quantitative estimate of drug-likeness (QED) is 0.830. The normalized spacial score (nSPS) is 16.6. The number of benzene rings is 1. The second-order valence-corrected chi connectivity index (χ2v) is 6.24. The fourth-order valence-electron chi connectivity index (χ4n) is 1.83. The highest BCUT2D eigenvalue weighted by atomic mass is 32.2. The van der Waals surface area contributed by atoms with Crippen LogP contribution in [-0.2, 0) is 19.5 Å². The second-order valence-electron chi connectivity index (χ2n) is 4.23. The molecule has 0 amide bonds. The van der Waals surface area contributed by atoms with Crippen molar-refractivity contribution >= 4 is 15.7 Å². The van der Waals surface area contributed by atoms with Gasteiger partial charge in [0.25, 0.3) is 0 Å². The van der Waals surface area contributed by atoms with Crippen molar-refractivity contribution in [3.63, 3.8) is 0 Å². The number of ether oxygens (including phenoxy) is 3. The minimum absolute atomic E-state index is 0.511. The van der Waals surface area contributed by atoms with Crippen LogP contribution in [0.3, 0.4) is 0 Å². The smallest absolute Gasteiger partial charge is 0.231 e. The first-order chi connectivity index (χ1) is 8.93. The maximum Gasteiger partial charge on any atom is 0.231 e. The number of hydrogen-bond donors (Lipinski definition) is 0. The molecule has 0 bridgehead atoms. The van der Waals surface area contributed by atoms with E-state index in [1.807, 2.05) is 0 Å². The van der Waals surface area contributed by atoms with Gasteiger partial charge in [-0.15, -0.1) is 0 Å². The number of nitrogens with zero attached hydrogens (tertiary/aromatic N) is 1. The molecular formula is C12H17NO5S. The van der Waals surface area contributed by atoms with Gasteiger partial charge in [0.05, 0.1) is 37.8 Å². The van der Waals surface area contributed by atoms with Gasteiger partial charge in [0.15, 0.2) is 6.29 Å². The third kappa shape index (κ3) is 2.99. The Hall–Kier alpha value is -1.31. The lowest BCUT2D eigenvalue weighted by Crippen LogP contribution is -2.25. The SMILES string of the molecule is COc1ccc(N(C)S(C)(=O)=O)cc1C1OCCO1. The molecule has 6 nitrogen and oxygen atoms in total. The number of anilines is 1. The lowest BCUT2D eigenvalue weighted by atomic mass is 10.1. The van der Waals surface area contributed by atoms with Gasteiger partial charge in [0.1, 0.15) is 5.75 Å². The Morgan fingerprint density at radius 1 is 1.32 bits per heavy atom. The monoisotopic (exact) mass is 287 g/mol. The zero-order chi connectivity index (χ0) is 14.0. The third-order valence-electron chi connectivity index (χ3n) is 2.95. The van der Waals surface area contributed by atoms with Crippen molar-refractivity contribution in [3.8, 4) is 5.75 Å². The Kier molecular flexibility index (Phi) is 3.98. The van der Waals surface area contributed by atoms with Gasteiger partial charge in [-0.05, 0) is 18.2 Å². The topological polar surface area (TPSA) is 65.1 Å². The van der Waals surface area contributed by atoms with E-state index in [0.29, 0.717) is 30.2 Å². The molecule has 19 heavy (non-hydrogen) atoms. The molecule has 1 fully saturated rings. The summed E-state index contributed by atoms with van der Waals surface area (Å²) in [6.45, 7) is 1.03. The molecule has 1 aromatic carbocycles. The molecule has 1 heterocycles. The summed E-state index contributed by atoms with van der Waals surface area (Å²) in [6, 6.07) is 5.09. The Labute approximate surface area is 112 Å². The van der Waals surface area contributed by atoms with Gasteiger partial charge in [0.2, 0.25) is 10.0 Å². The van der Waals surface area contributed by atoms with E-state index in [1.54, 1.807) is 25.3 Å². The molecule has 2 rings (SSSR count). The van der Waals surface area contributed by atoms with Gasteiger partial charge >= 0.3 is 0 Å². The van der Waals surface area contributed by atoms with E-state index in [0.717, 1.165) is 6.26 Å². The highest BCUT2D eigenvalue weighted by Gasteiger charge is 2.24. The maximum atomic E-state index is 11.6. The van der Waals surface area contributed by atoms with Crippen molar-refractivity contribution in [3.05, 3.63) is 23.8 Å². The third-order valence-corrected chi connectivity index (χ3v) is 4.16. The van der Waals surface area contributed by atoms with Gasteiger partial charge in [-0.2, -0.15) is 0 Å². The van der Waals surface area contributed by atoms with Gasteiger partial charge in [-0.3, -0.25) is 4.31 Å². The van der Waals surface area contributed by atoms with Crippen LogP contribution in [0.2, 0.25) is 0 Å². The summed E-state index contributed by atoms with van der Waals surface area (Å²) >= 11 is 0. The standard InChI is InChI=1S/C12H17NO5S/c1-13(19(3,14)15)9-4-5-11(16-2)10(8-9)12-17-6-7-18-12/h4-5,8,12H,6-7H2,1-3H3. The van der Waals surface area contributed by atoms with Crippen LogP contribution in [0.5, 0.6) is 5.75 Å². The van der Waals surface area contributed by atoms with Crippen LogP contribution in [0.15, 0.2) is 18.2 Å². The van der Waals surface area contributed by atoms with Crippen LogP contribution >= 0.6 is 0 Å². The molecule has 7 heteroatoms. The van der Waals surface area contributed by atoms with Crippen molar-refractivity contribution in [2.45, 2.75) is 6.29 Å². The summed E-state index contributed by atoms with van der Waals surface area (Å²) in [5.41, 5.74) is 1.23. The largest absolute Gasteiger partial charge is 0.496 e. The van der Waals surface area contributed by atoms with Gasteiger partial charge in [-0.25, -0.2) is 8.42 Å². The van der Waals surface area contributed by atoms with E-state index in [2.05, 4.69) is 0 Å². The molecule has 0 N–H and O–H groups in total. The first-order valence-corrected chi connectivity index (χ1v) is 7.63. The number of hydrogen-bond acceptors (Lipinski definition) is 5. The summed E-state index contributed by atoms with van der Waals surface area (Å²) in [6.07, 6.45) is 0.641. The Morgan fingerprint density at radius 2 is 1.95 bits per heavy atom. The zero-order valence-corrected chi connectivity index (χ0v) is 11.9. The van der Waals surface area contributed by atoms with Crippen LogP contribution in [0.1, 0.15) is 11.9 Å².